The normalized spacial score (nSPS) is 13.6. The Hall–Kier alpha value is -2.15. The molecule has 7 heteroatoms. The Balaban J connectivity index is 2.77. The van der Waals surface area contributed by atoms with E-state index in [0.717, 1.165) is 0 Å². The van der Waals surface area contributed by atoms with Gasteiger partial charge in [-0.15, -0.1) is 0 Å². The molecule has 104 valence electrons. The zero-order valence-electron chi connectivity index (χ0n) is 10.8. The molecule has 7 nitrogen and oxygen atoms in total. The van der Waals surface area contributed by atoms with Crippen molar-refractivity contribution >= 4 is 11.7 Å². The van der Waals surface area contributed by atoms with Crippen molar-refractivity contribution in [3.05, 3.63) is 34.4 Å². The number of carboxylic acids is 1. The number of ether oxygens (including phenoxy) is 1. The molecule has 19 heavy (non-hydrogen) atoms. The minimum absolute atomic E-state index is 0.0991. The molecule has 2 N–H and O–H groups in total. The Morgan fingerprint density at radius 3 is 2.79 bits per heavy atom. The van der Waals surface area contributed by atoms with Crippen LogP contribution in [-0.2, 0) is 4.79 Å². The highest BCUT2D eigenvalue weighted by Crippen LogP contribution is 2.20. The van der Waals surface area contributed by atoms with Crippen LogP contribution >= 0.6 is 0 Å². The molecule has 0 heterocycles. The van der Waals surface area contributed by atoms with Crippen LogP contribution in [-0.4, -0.2) is 34.7 Å². The third-order valence-corrected chi connectivity index (χ3v) is 2.59. The molecule has 0 bridgehead atoms. The first kappa shape index (κ1) is 14.9. The average molecular weight is 268 g/mol. The number of hydrogen-bond donors (Lipinski definition) is 2. The molecule has 0 saturated carbocycles. The van der Waals surface area contributed by atoms with E-state index in [1.165, 1.54) is 25.1 Å². The van der Waals surface area contributed by atoms with E-state index in [0.29, 0.717) is 6.54 Å². The van der Waals surface area contributed by atoms with Gasteiger partial charge >= 0.3 is 5.97 Å². The number of nitrogens with zero attached hydrogens (tertiary/aromatic N) is 1. The van der Waals surface area contributed by atoms with Crippen LogP contribution in [0.1, 0.15) is 13.8 Å². The molecule has 0 saturated heterocycles. The average Bonchev–Trinajstić information content (AvgIpc) is 2.37. The van der Waals surface area contributed by atoms with Crippen LogP contribution in [0, 0.1) is 10.1 Å². The van der Waals surface area contributed by atoms with Gasteiger partial charge in [0.15, 0.2) is 0 Å². The molecule has 1 aromatic rings. The van der Waals surface area contributed by atoms with E-state index in [4.69, 9.17) is 9.84 Å². The summed E-state index contributed by atoms with van der Waals surface area (Å²) >= 11 is 0. The number of nitrogens with one attached hydrogen (secondary N) is 1. The lowest BCUT2D eigenvalue weighted by molar-refractivity contribution is -0.384. The zero-order chi connectivity index (χ0) is 14.5. The largest absolute Gasteiger partial charge is 0.491 e. The quantitative estimate of drug-likeness (QED) is 0.573. The van der Waals surface area contributed by atoms with Gasteiger partial charge in [-0.3, -0.25) is 20.2 Å². The summed E-state index contributed by atoms with van der Waals surface area (Å²) in [5.74, 6) is -0.778. The molecule has 0 aliphatic rings. The van der Waals surface area contributed by atoms with Crippen LogP contribution < -0.4 is 10.1 Å². The molecule has 1 unspecified atom stereocenters. The van der Waals surface area contributed by atoms with Gasteiger partial charge in [0.05, 0.1) is 11.0 Å². The van der Waals surface area contributed by atoms with Crippen LogP contribution in [0.5, 0.6) is 5.75 Å². The number of nitro groups is 1. The number of rotatable bonds is 7. The Labute approximate surface area is 110 Å². The van der Waals surface area contributed by atoms with Crippen molar-refractivity contribution in [2.24, 2.45) is 0 Å². The number of benzene rings is 1. The molecule has 1 rings (SSSR count). The van der Waals surface area contributed by atoms with Crippen molar-refractivity contribution in [3.8, 4) is 5.75 Å². The Kier molecular flexibility index (Phi) is 4.82. The second-order valence-electron chi connectivity index (χ2n) is 4.21. The van der Waals surface area contributed by atoms with E-state index in [1.54, 1.807) is 13.0 Å². The first-order valence-electron chi connectivity index (χ1n) is 5.74. The van der Waals surface area contributed by atoms with Gasteiger partial charge in [-0.25, -0.2) is 0 Å². The summed E-state index contributed by atoms with van der Waals surface area (Å²) in [5, 5.41) is 22.5. The van der Waals surface area contributed by atoms with Gasteiger partial charge in [0.25, 0.3) is 5.69 Å². The van der Waals surface area contributed by atoms with Gasteiger partial charge in [0, 0.05) is 6.07 Å². The summed E-state index contributed by atoms with van der Waals surface area (Å²) in [6, 6.07) is 5.63. The molecule has 0 aliphatic heterocycles. The summed E-state index contributed by atoms with van der Waals surface area (Å²) in [7, 11) is 0. The van der Waals surface area contributed by atoms with Crippen molar-refractivity contribution in [1.82, 2.24) is 5.32 Å². The fourth-order valence-corrected chi connectivity index (χ4v) is 1.49. The molecule has 0 radical (unpaired) electrons. The highest BCUT2D eigenvalue weighted by molar-refractivity contribution is 5.78. The van der Waals surface area contributed by atoms with Crippen molar-refractivity contribution in [1.29, 1.82) is 0 Å². The molecule has 0 fully saturated rings. The van der Waals surface area contributed by atoms with E-state index in [2.05, 4.69) is 5.32 Å². The maximum Gasteiger partial charge on any atom is 0.327 e. The van der Waals surface area contributed by atoms with E-state index in [1.807, 2.05) is 0 Å². The zero-order valence-corrected chi connectivity index (χ0v) is 10.8. The van der Waals surface area contributed by atoms with Crippen LogP contribution in [0.15, 0.2) is 24.3 Å². The number of carboxylic acid groups (broad SMARTS) is 1. The van der Waals surface area contributed by atoms with Gasteiger partial charge in [-0.05, 0) is 19.5 Å². The maximum atomic E-state index is 11.2. The summed E-state index contributed by atoms with van der Waals surface area (Å²) in [5.41, 5.74) is -1.34. The first-order chi connectivity index (χ1) is 8.89. The minimum atomic E-state index is -1.24. The molecular weight excluding hydrogens is 252 g/mol. The summed E-state index contributed by atoms with van der Waals surface area (Å²) in [6.45, 7) is 3.63. The second-order valence-corrected chi connectivity index (χ2v) is 4.21. The van der Waals surface area contributed by atoms with Crippen LogP contribution in [0.25, 0.3) is 0 Å². The van der Waals surface area contributed by atoms with Crippen LogP contribution in [0.4, 0.5) is 5.69 Å². The van der Waals surface area contributed by atoms with Gasteiger partial charge in [-0.1, -0.05) is 13.0 Å². The lowest BCUT2D eigenvalue weighted by Crippen LogP contribution is -2.53. The number of aliphatic carboxylic acids is 1. The van der Waals surface area contributed by atoms with E-state index < -0.39 is 16.4 Å². The highest BCUT2D eigenvalue weighted by Gasteiger charge is 2.33. The molecule has 1 atom stereocenters. The molecule has 1 aromatic carbocycles. The first-order valence-corrected chi connectivity index (χ1v) is 5.74. The number of carbonyl (C=O) groups is 1. The predicted octanol–water partition coefficient (Wildman–Crippen LogP) is 1.43. The standard InChI is InChI=1S/C12H16N2O5/c1-3-13-12(2,11(15)16)8-19-10-6-4-5-9(7-10)14(17)18/h4-7,13H,3,8H2,1-2H3,(H,15,16). The monoisotopic (exact) mass is 268 g/mol. The fraction of sp³-hybridized carbons (Fsp3) is 0.417. The van der Waals surface area contributed by atoms with Gasteiger partial charge in [-0.2, -0.15) is 0 Å². The molecule has 0 aromatic heterocycles. The van der Waals surface area contributed by atoms with Gasteiger partial charge in [0.2, 0.25) is 0 Å². The molecule has 0 amide bonds. The lowest BCUT2D eigenvalue weighted by atomic mass is 10.0. The van der Waals surface area contributed by atoms with Crippen molar-refractivity contribution < 1.29 is 19.6 Å². The van der Waals surface area contributed by atoms with Crippen LogP contribution in [0.3, 0.4) is 0 Å². The number of nitro benzene ring substituents is 1. The summed E-state index contributed by atoms with van der Waals surface area (Å²) in [6.07, 6.45) is 0. The molecule has 0 aliphatic carbocycles. The third kappa shape index (κ3) is 3.92. The Morgan fingerprint density at radius 2 is 2.26 bits per heavy atom. The van der Waals surface area contributed by atoms with Gasteiger partial charge in [0.1, 0.15) is 17.9 Å². The van der Waals surface area contributed by atoms with Crippen molar-refractivity contribution in [2.75, 3.05) is 13.2 Å². The Bertz CT molecular complexity index is 477. The van der Waals surface area contributed by atoms with Gasteiger partial charge < -0.3 is 9.84 Å². The number of non-ortho nitro benzene ring substituents is 1. The third-order valence-electron chi connectivity index (χ3n) is 2.59. The molecular formula is C12H16N2O5. The topological polar surface area (TPSA) is 102 Å². The van der Waals surface area contributed by atoms with E-state index >= 15 is 0 Å². The predicted molar refractivity (Wildman–Crippen MR) is 68.3 cm³/mol. The summed E-state index contributed by atoms with van der Waals surface area (Å²) < 4.78 is 5.33. The molecule has 0 spiro atoms. The maximum absolute atomic E-state index is 11.2. The minimum Gasteiger partial charge on any atom is -0.491 e. The van der Waals surface area contributed by atoms with Crippen LogP contribution in [0.2, 0.25) is 0 Å². The smallest absolute Gasteiger partial charge is 0.327 e. The lowest BCUT2D eigenvalue weighted by Gasteiger charge is -2.25. The Morgan fingerprint density at radius 1 is 1.58 bits per heavy atom. The van der Waals surface area contributed by atoms with Crippen molar-refractivity contribution in [3.63, 3.8) is 0 Å². The number of hydrogen-bond acceptors (Lipinski definition) is 5. The number of likely N-dealkylation sites (N-methyl/N-ethyl adjacent to an activating group) is 1. The highest BCUT2D eigenvalue weighted by atomic mass is 16.6. The van der Waals surface area contributed by atoms with E-state index in [9.17, 15) is 14.9 Å². The summed E-state index contributed by atoms with van der Waals surface area (Å²) in [4.78, 5) is 21.2. The SMILES string of the molecule is CCNC(C)(COc1cccc([N+](=O)[O-])c1)C(=O)O. The van der Waals surface area contributed by atoms with Crippen molar-refractivity contribution in [2.45, 2.75) is 19.4 Å². The van der Waals surface area contributed by atoms with E-state index in [-0.39, 0.29) is 18.0 Å². The fourth-order valence-electron chi connectivity index (χ4n) is 1.49. The second kappa shape index (κ2) is 6.14.